The van der Waals surface area contributed by atoms with Gasteiger partial charge in [-0.15, -0.1) is 0 Å². The second-order valence-corrected chi connectivity index (χ2v) is 5.22. The molecule has 0 spiro atoms. The Morgan fingerprint density at radius 1 is 1.13 bits per heavy atom. The second-order valence-electron chi connectivity index (χ2n) is 5.22. The fourth-order valence-electron chi connectivity index (χ4n) is 2.29. The molecule has 2 aromatic rings. The summed E-state index contributed by atoms with van der Waals surface area (Å²) in [6.07, 6.45) is 0. The van der Waals surface area contributed by atoms with Gasteiger partial charge in [0.05, 0.1) is 6.54 Å². The van der Waals surface area contributed by atoms with Crippen LogP contribution in [0.15, 0.2) is 36.4 Å². The minimum Gasteiger partial charge on any atom is -0.486 e. The number of halogens is 1. The number of anilines is 2. The van der Waals surface area contributed by atoms with Crippen molar-refractivity contribution in [3.05, 3.63) is 47.8 Å². The highest BCUT2D eigenvalue weighted by molar-refractivity contribution is 5.94. The molecule has 1 aliphatic heterocycles. The Bertz CT molecular complexity index is 734. The number of carbonyl (C=O) groups excluding carboxylic acids is 1. The van der Waals surface area contributed by atoms with Crippen molar-refractivity contribution < 1.29 is 18.7 Å². The molecule has 0 saturated heterocycles. The molecule has 1 heterocycles. The highest BCUT2D eigenvalue weighted by Gasteiger charge is 2.12. The number of hydrogen-bond donors (Lipinski definition) is 2. The molecule has 23 heavy (non-hydrogen) atoms. The number of fused-ring (bicyclic) bond motifs is 1. The van der Waals surface area contributed by atoms with Crippen LogP contribution in [0.2, 0.25) is 0 Å². The highest BCUT2D eigenvalue weighted by atomic mass is 19.1. The van der Waals surface area contributed by atoms with Crippen LogP contribution in [-0.2, 0) is 4.79 Å². The van der Waals surface area contributed by atoms with E-state index in [1.807, 2.05) is 6.92 Å². The smallest absolute Gasteiger partial charge is 0.243 e. The van der Waals surface area contributed by atoms with E-state index in [4.69, 9.17) is 9.47 Å². The first-order valence-corrected chi connectivity index (χ1v) is 7.31. The monoisotopic (exact) mass is 316 g/mol. The summed E-state index contributed by atoms with van der Waals surface area (Å²) in [4.78, 5) is 12.0. The van der Waals surface area contributed by atoms with Gasteiger partial charge in [0.15, 0.2) is 11.5 Å². The zero-order valence-electron chi connectivity index (χ0n) is 12.7. The molecule has 0 unspecified atom stereocenters. The average molecular weight is 316 g/mol. The Morgan fingerprint density at radius 3 is 2.74 bits per heavy atom. The Balaban J connectivity index is 1.60. The number of carbonyl (C=O) groups is 1. The van der Waals surface area contributed by atoms with Crippen LogP contribution >= 0.6 is 0 Å². The van der Waals surface area contributed by atoms with Crippen molar-refractivity contribution in [2.45, 2.75) is 6.92 Å². The lowest BCUT2D eigenvalue weighted by Crippen LogP contribution is -2.22. The third-order valence-electron chi connectivity index (χ3n) is 3.46. The van der Waals surface area contributed by atoms with Crippen LogP contribution in [0.1, 0.15) is 5.56 Å². The Kier molecular flexibility index (Phi) is 4.32. The number of rotatable bonds is 4. The van der Waals surface area contributed by atoms with Gasteiger partial charge in [0, 0.05) is 17.4 Å². The lowest BCUT2D eigenvalue weighted by Gasteiger charge is -2.19. The van der Waals surface area contributed by atoms with E-state index in [9.17, 15) is 9.18 Å². The van der Waals surface area contributed by atoms with Gasteiger partial charge in [-0.05, 0) is 36.8 Å². The van der Waals surface area contributed by atoms with Gasteiger partial charge in [-0.25, -0.2) is 4.39 Å². The maximum absolute atomic E-state index is 13.2. The van der Waals surface area contributed by atoms with E-state index in [1.54, 1.807) is 24.3 Å². The molecular weight excluding hydrogens is 299 g/mol. The molecule has 0 aliphatic carbocycles. The lowest BCUT2D eigenvalue weighted by molar-refractivity contribution is -0.114. The van der Waals surface area contributed by atoms with Crippen molar-refractivity contribution in [3.63, 3.8) is 0 Å². The van der Waals surface area contributed by atoms with Gasteiger partial charge in [-0.2, -0.15) is 0 Å². The van der Waals surface area contributed by atoms with Crippen LogP contribution in [0, 0.1) is 12.7 Å². The molecule has 0 atom stereocenters. The molecule has 6 heteroatoms. The largest absolute Gasteiger partial charge is 0.486 e. The summed E-state index contributed by atoms with van der Waals surface area (Å²) in [5.41, 5.74) is 2.10. The maximum Gasteiger partial charge on any atom is 0.243 e. The Morgan fingerprint density at radius 2 is 1.91 bits per heavy atom. The van der Waals surface area contributed by atoms with Crippen molar-refractivity contribution in [1.82, 2.24) is 0 Å². The van der Waals surface area contributed by atoms with Gasteiger partial charge in [0.1, 0.15) is 19.0 Å². The van der Waals surface area contributed by atoms with E-state index in [1.165, 1.54) is 12.1 Å². The third kappa shape index (κ3) is 3.71. The molecule has 2 aromatic carbocycles. The van der Waals surface area contributed by atoms with E-state index in [0.29, 0.717) is 36.1 Å². The molecule has 0 radical (unpaired) electrons. The van der Waals surface area contributed by atoms with Crippen molar-refractivity contribution in [1.29, 1.82) is 0 Å². The normalized spacial score (nSPS) is 12.6. The first kappa shape index (κ1) is 15.1. The molecule has 1 amide bonds. The fraction of sp³-hybridized carbons (Fsp3) is 0.235. The minimum absolute atomic E-state index is 0.0404. The topological polar surface area (TPSA) is 59.6 Å². The molecule has 120 valence electrons. The first-order valence-electron chi connectivity index (χ1n) is 7.31. The van der Waals surface area contributed by atoms with E-state index >= 15 is 0 Å². The van der Waals surface area contributed by atoms with Crippen LogP contribution in [-0.4, -0.2) is 25.7 Å². The summed E-state index contributed by atoms with van der Waals surface area (Å²) < 4.78 is 24.1. The summed E-state index contributed by atoms with van der Waals surface area (Å²) in [5.74, 6) is 0.710. The Hall–Kier alpha value is -2.76. The summed E-state index contributed by atoms with van der Waals surface area (Å²) in [6, 6.07) is 9.64. The molecule has 0 aromatic heterocycles. The van der Waals surface area contributed by atoms with Crippen molar-refractivity contribution in [2.24, 2.45) is 0 Å². The highest BCUT2D eigenvalue weighted by Crippen LogP contribution is 2.32. The summed E-state index contributed by atoms with van der Waals surface area (Å²) in [7, 11) is 0. The van der Waals surface area contributed by atoms with Gasteiger partial charge in [-0.1, -0.05) is 6.07 Å². The van der Waals surface area contributed by atoms with Crippen LogP contribution in [0.3, 0.4) is 0 Å². The number of hydrogen-bond acceptors (Lipinski definition) is 4. The quantitative estimate of drug-likeness (QED) is 0.910. The number of aryl methyl sites for hydroxylation is 1. The Labute approximate surface area is 133 Å². The molecule has 1 aliphatic rings. The SMILES string of the molecule is Cc1ccc(F)cc1NCC(=O)Nc1ccc2c(c1)OCCO2. The van der Waals surface area contributed by atoms with Crippen LogP contribution in [0.25, 0.3) is 0 Å². The number of nitrogens with one attached hydrogen (secondary N) is 2. The van der Waals surface area contributed by atoms with Crippen LogP contribution in [0.4, 0.5) is 15.8 Å². The predicted octanol–water partition coefficient (Wildman–Crippen LogP) is 2.96. The van der Waals surface area contributed by atoms with Gasteiger partial charge in [0.2, 0.25) is 5.91 Å². The molecule has 5 nitrogen and oxygen atoms in total. The van der Waals surface area contributed by atoms with Gasteiger partial charge >= 0.3 is 0 Å². The standard InChI is InChI=1S/C17H17FN2O3/c1-11-2-3-12(18)8-14(11)19-10-17(21)20-13-4-5-15-16(9-13)23-7-6-22-15/h2-5,8-9,19H,6-7,10H2,1H3,(H,20,21). The third-order valence-corrected chi connectivity index (χ3v) is 3.46. The second kappa shape index (κ2) is 6.56. The average Bonchev–Trinajstić information content (AvgIpc) is 2.55. The lowest BCUT2D eigenvalue weighted by atomic mass is 10.2. The molecule has 2 N–H and O–H groups in total. The number of ether oxygens (including phenoxy) is 2. The van der Waals surface area contributed by atoms with Gasteiger partial charge in [-0.3, -0.25) is 4.79 Å². The van der Waals surface area contributed by atoms with Crippen molar-refractivity contribution >= 4 is 17.3 Å². The van der Waals surface area contributed by atoms with Crippen LogP contribution < -0.4 is 20.1 Å². The van der Waals surface area contributed by atoms with E-state index in [-0.39, 0.29) is 18.3 Å². The van der Waals surface area contributed by atoms with Crippen molar-refractivity contribution in [2.75, 3.05) is 30.4 Å². The molecule has 3 rings (SSSR count). The molecule has 0 fully saturated rings. The first-order chi connectivity index (χ1) is 11.1. The maximum atomic E-state index is 13.2. The van der Waals surface area contributed by atoms with E-state index < -0.39 is 0 Å². The zero-order chi connectivity index (χ0) is 16.2. The zero-order valence-corrected chi connectivity index (χ0v) is 12.7. The van der Waals surface area contributed by atoms with Crippen molar-refractivity contribution in [3.8, 4) is 11.5 Å². The van der Waals surface area contributed by atoms with E-state index in [0.717, 1.165) is 5.56 Å². The predicted molar refractivity (Wildman–Crippen MR) is 85.7 cm³/mol. The van der Waals surface area contributed by atoms with Crippen LogP contribution in [0.5, 0.6) is 11.5 Å². The molecular formula is C17H17FN2O3. The van der Waals surface area contributed by atoms with Gasteiger partial charge in [0.25, 0.3) is 0 Å². The number of amides is 1. The summed E-state index contributed by atoms with van der Waals surface area (Å²) in [6.45, 7) is 2.90. The minimum atomic E-state index is -0.342. The van der Waals surface area contributed by atoms with E-state index in [2.05, 4.69) is 10.6 Å². The molecule has 0 saturated carbocycles. The summed E-state index contributed by atoms with van der Waals surface area (Å²) in [5, 5.41) is 5.69. The summed E-state index contributed by atoms with van der Waals surface area (Å²) >= 11 is 0. The van der Waals surface area contributed by atoms with Gasteiger partial charge < -0.3 is 20.1 Å². The molecule has 0 bridgehead atoms. The fourth-order valence-corrected chi connectivity index (χ4v) is 2.29. The number of benzene rings is 2.